The maximum atomic E-state index is 12.4. The van der Waals surface area contributed by atoms with Crippen LogP contribution in [0.1, 0.15) is 24.5 Å². The molecule has 2 aromatic rings. The third-order valence-corrected chi connectivity index (χ3v) is 6.55. The van der Waals surface area contributed by atoms with Crippen molar-refractivity contribution in [1.82, 2.24) is 4.90 Å². The molecule has 0 aromatic heterocycles. The molecule has 0 N–H and O–H groups in total. The molecule has 0 aliphatic carbocycles. The summed E-state index contributed by atoms with van der Waals surface area (Å²) in [5.41, 5.74) is 1.85. The fourth-order valence-electron chi connectivity index (χ4n) is 2.60. The van der Waals surface area contributed by atoms with Crippen LogP contribution in [0.4, 0.5) is 4.79 Å². The van der Waals surface area contributed by atoms with Gasteiger partial charge in [0.1, 0.15) is 12.4 Å². The smallest absolute Gasteiger partial charge is 0.293 e. The number of halogens is 3. The molecule has 0 bridgehead atoms. The van der Waals surface area contributed by atoms with E-state index in [4.69, 9.17) is 4.74 Å². The van der Waals surface area contributed by atoms with Crippen molar-refractivity contribution in [3.63, 3.8) is 0 Å². The second-order valence-electron chi connectivity index (χ2n) is 6.06. The molecule has 0 radical (unpaired) electrons. The Bertz CT molecular complexity index is 921. The third-order valence-electron chi connectivity index (χ3n) is 3.94. The second-order valence-corrected chi connectivity index (χ2v) is 9.68. The second kappa shape index (κ2) is 9.61. The zero-order chi connectivity index (χ0) is 20.3. The molecule has 8 heteroatoms. The normalized spacial score (nSPS) is 15.6. The zero-order valence-electron chi connectivity index (χ0n) is 14.9. The van der Waals surface area contributed by atoms with Gasteiger partial charge in [-0.3, -0.25) is 14.5 Å². The van der Waals surface area contributed by atoms with Crippen molar-refractivity contribution in [1.29, 1.82) is 0 Å². The molecule has 0 spiro atoms. The number of imide groups is 1. The molecule has 1 heterocycles. The lowest BCUT2D eigenvalue weighted by atomic mass is 10.2. The van der Waals surface area contributed by atoms with Crippen LogP contribution in [0.15, 0.2) is 54.7 Å². The molecule has 3 rings (SSSR count). The van der Waals surface area contributed by atoms with E-state index in [1.807, 2.05) is 43.3 Å². The lowest BCUT2D eigenvalue weighted by Gasteiger charge is -2.12. The van der Waals surface area contributed by atoms with E-state index in [0.717, 1.165) is 42.7 Å². The van der Waals surface area contributed by atoms with Crippen LogP contribution in [0.3, 0.4) is 0 Å². The van der Waals surface area contributed by atoms with Crippen molar-refractivity contribution in [2.75, 3.05) is 6.54 Å². The molecule has 146 valence electrons. The molecule has 28 heavy (non-hydrogen) atoms. The van der Waals surface area contributed by atoms with Crippen LogP contribution >= 0.6 is 59.6 Å². The molecular formula is C20H16Br3NO3S. The van der Waals surface area contributed by atoms with E-state index in [0.29, 0.717) is 23.8 Å². The number of ether oxygens (including phenoxy) is 1. The molecule has 2 amide bonds. The molecule has 0 saturated carbocycles. The van der Waals surface area contributed by atoms with E-state index in [-0.39, 0.29) is 11.1 Å². The Kier molecular flexibility index (Phi) is 7.42. The van der Waals surface area contributed by atoms with E-state index >= 15 is 0 Å². The first-order valence-electron chi connectivity index (χ1n) is 8.50. The predicted molar refractivity (Wildman–Crippen MR) is 123 cm³/mol. The van der Waals surface area contributed by atoms with Gasteiger partial charge in [0.05, 0.1) is 13.9 Å². The molecule has 1 saturated heterocycles. The summed E-state index contributed by atoms with van der Waals surface area (Å²) in [5.74, 6) is 0.443. The van der Waals surface area contributed by atoms with Gasteiger partial charge in [0.2, 0.25) is 0 Å². The topological polar surface area (TPSA) is 46.6 Å². The monoisotopic (exact) mass is 587 g/mol. The number of rotatable bonds is 6. The number of carbonyl (C=O) groups excluding carboxylic acids is 2. The first-order chi connectivity index (χ1) is 13.4. The number of carbonyl (C=O) groups is 2. The van der Waals surface area contributed by atoms with Crippen molar-refractivity contribution < 1.29 is 14.3 Å². The highest BCUT2D eigenvalue weighted by atomic mass is 79.9. The molecule has 0 unspecified atom stereocenters. The van der Waals surface area contributed by atoms with Gasteiger partial charge in [-0.2, -0.15) is 0 Å². The van der Waals surface area contributed by atoms with E-state index in [9.17, 15) is 9.59 Å². The standard InChI is InChI=1S/C20H16Br3NO3S/c1-2-7-24-19(25)17(28-20(24)26)10-13-8-15(22)18(16(23)9-13)27-11-12-3-5-14(21)6-4-12/h3-6,8-10H,2,7,11H2,1H3/b17-10+. The summed E-state index contributed by atoms with van der Waals surface area (Å²) in [6, 6.07) is 11.7. The van der Waals surface area contributed by atoms with Gasteiger partial charge in [-0.15, -0.1) is 0 Å². The molecule has 4 nitrogen and oxygen atoms in total. The number of amides is 2. The predicted octanol–water partition coefficient (Wildman–Crippen LogP) is 7.00. The number of thioether (sulfide) groups is 1. The van der Waals surface area contributed by atoms with Crippen LogP contribution in [0, 0.1) is 0 Å². The van der Waals surface area contributed by atoms with Gasteiger partial charge in [0.15, 0.2) is 0 Å². The summed E-state index contributed by atoms with van der Waals surface area (Å²) in [6.07, 6.45) is 2.47. The fourth-order valence-corrected chi connectivity index (χ4v) is 5.18. The van der Waals surface area contributed by atoms with Gasteiger partial charge in [0, 0.05) is 11.0 Å². The third kappa shape index (κ3) is 5.09. The van der Waals surface area contributed by atoms with Crippen LogP contribution in [-0.2, 0) is 11.4 Å². The molecule has 1 fully saturated rings. The Morgan fingerprint density at radius 3 is 2.32 bits per heavy atom. The maximum absolute atomic E-state index is 12.4. The van der Waals surface area contributed by atoms with E-state index < -0.39 is 0 Å². The van der Waals surface area contributed by atoms with Crippen molar-refractivity contribution in [2.24, 2.45) is 0 Å². The Morgan fingerprint density at radius 2 is 1.71 bits per heavy atom. The Labute approximate surface area is 193 Å². The van der Waals surface area contributed by atoms with Crippen molar-refractivity contribution in [3.8, 4) is 5.75 Å². The summed E-state index contributed by atoms with van der Waals surface area (Å²) >= 11 is 11.5. The number of benzene rings is 2. The minimum absolute atomic E-state index is 0.217. The minimum Gasteiger partial charge on any atom is -0.487 e. The average Bonchev–Trinajstić information content (AvgIpc) is 2.90. The lowest BCUT2D eigenvalue weighted by molar-refractivity contribution is -0.122. The van der Waals surface area contributed by atoms with Crippen LogP contribution in [0.5, 0.6) is 5.75 Å². The number of hydrogen-bond donors (Lipinski definition) is 0. The van der Waals surface area contributed by atoms with Crippen molar-refractivity contribution in [3.05, 3.63) is 65.8 Å². The first kappa shape index (κ1) is 21.6. The van der Waals surface area contributed by atoms with Crippen molar-refractivity contribution >= 4 is 76.8 Å². The highest BCUT2D eigenvalue weighted by Crippen LogP contribution is 2.38. The number of nitrogens with zero attached hydrogens (tertiary/aromatic N) is 1. The minimum atomic E-state index is -0.236. The van der Waals surface area contributed by atoms with E-state index in [1.165, 1.54) is 4.90 Å². The van der Waals surface area contributed by atoms with E-state index in [1.54, 1.807) is 6.08 Å². The molecule has 2 aromatic carbocycles. The summed E-state index contributed by atoms with van der Waals surface area (Å²) < 4.78 is 8.49. The molecular weight excluding hydrogens is 574 g/mol. The van der Waals surface area contributed by atoms with Crippen LogP contribution in [0.2, 0.25) is 0 Å². The van der Waals surface area contributed by atoms with Gasteiger partial charge < -0.3 is 4.74 Å². The van der Waals surface area contributed by atoms with Gasteiger partial charge in [-0.25, -0.2) is 0 Å². The Morgan fingerprint density at radius 1 is 1.07 bits per heavy atom. The van der Waals surface area contributed by atoms with Crippen LogP contribution < -0.4 is 4.74 Å². The Hall–Kier alpha value is -1.09. The zero-order valence-corrected chi connectivity index (χ0v) is 20.5. The highest BCUT2D eigenvalue weighted by Gasteiger charge is 2.34. The fraction of sp³-hybridized carbons (Fsp3) is 0.200. The van der Waals surface area contributed by atoms with Crippen LogP contribution in [0.25, 0.3) is 6.08 Å². The van der Waals surface area contributed by atoms with E-state index in [2.05, 4.69) is 47.8 Å². The summed E-state index contributed by atoms with van der Waals surface area (Å²) in [5, 5.41) is -0.217. The summed E-state index contributed by atoms with van der Waals surface area (Å²) in [7, 11) is 0. The number of hydrogen-bond acceptors (Lipinski definition) is 4. The SMILES string of the molecule is CCCN1C(=O)S/C(=C/c2cc(Br)c(OCc3ccc(Br)cc3)c(Br)c2)C1=O. The Balaban J connectivity index is 1.77. The van der Waals surface area contributed by atoms with Gasteiger partial charge in [-0.1, -0.05) is 35.0 Å². The van der Waals surface area contributed by atoms with Gasteiger partial charge >= 0.3 is 0 Å². The molecule has 1 aliphatic heterocycles. The average molecular weight is 590 g/mol. The van der Waals surface area contributed by atoms with Gasteiger partial charge in [0.25, 0.3) is 11.1 Å². The first-order valence-corrected chi connectivity index (χ1v) is 11.7. The van der Waals surface area contributed by atoms with Gasteiger partial charge in [-0.05, 0) is 91.5 Å². The molecule has 0 atom stereocenters. The maximum Gasteiger partial charge on any atom is 0.293 e. The highest BCUT2D eigenvalue weighted by molar-refractivity contribution is 9.11. The van der Waals surface area contributed by atoms with Crippen molar-refractivity contribution in [2.45, 2.75) is 20.0 Å². The molecule has 1 aliphatic rings. The summed E-state index contributed by atoms with van der Waals surface area (Å²) in [6.45, 7) is 2.81. The summed E-state index contributed by atoms with van der Waals surface area (Å²) in [4.78, 5) is 26.1. The quantitative estimate of drug-likeness (QED) is 0.340. The largest absolute Gasteiger partial charge is 0.487 e. The lowest BCUT2D eigenvalue weighted by Crippen LogP contribution is -2.28. The van der Waals surface area contributed by atoms with Crippen LogP contribution in [-0.4, -0.2) is 22.6 Å².